The molecule has 0 unspecified atom stereocenters. The molecular formula is C14H18N2O2S. The summed E-state index contributed by atoms with van der Waals surface area (Å²) in [5, 5.41) is 6.86. The van der Waals surface area contributed by atoms with Gasteiger partial charge in [-0.25, -0.2) is 13.6 Å². The van der Waals surface area contributed by atoms with Gasteiger partial charge in [0.2, 0.25) is 10.0 Å². The van der Waals surface area contributed by atoms with Crippen molar-refractivity contribution in [3.63, 3.8) is 0 Å². The maximum absolute atomic E-state index is 11.6. The van der Waals surface area contributed by atoms with Crippen LogP contribution in [0.25, 0.3) is 10.8 Å². The number of rotatable bonds is 4. The van der Waals surface area contributed by atoms with Gasteiger partial charge >= 0.3 is 0 Å². The first-order chi connectivity index (χ1) is 8.99. The molecule has 5 heteroatoms. The molecule has 0 atom stereocenters. The molecule has 0 aromatic heterocycles. The van der Waals surface area contributed by atoms with E-state index in [0.29, 0.717) is 5.39 Å². The van der Waals surface area contributed by atoms with Gasteiger partial charge in [-0.05, 0) is 26.0 Å². The second-order valence-corrected chi connectivity index (χ2v) is 5.88. The second-order valence-electron chi connectivity index (χ2n) is 4.35. The third kappa shape index (κ3) is 2.57. The number of hydrogen-bond acceptors (Lipinski definition) is 3. The van der Waals surface area contributed by atoms with Crippen LogP contribution in [0.2, 0.25) is 0 Å². The molecular weight excluding hydrogens is 260 g/mol. The quantitative estimate of drug-likeness (QED) is 0.933. The Morgan fingerprint density at radius 3 is 2.16 bits per heavy atom. The highest BCUT2D eigenvalue weighted by Gasteiger charge is 2.14. The molecule has 0 fully saturated rings. The number of nitrogens with two attached hydrogens (primary N) is 1. The molecule has 2 aromatic carbocycles. The molecule has 0 aliphatic carbocycles. The minimum Gasteiger partial charge on any atom is -0.372 e. The Kier molecular flexibility index (Phi) is 3.78. The summed E-state index contributed by atoms with van der Waals surface area (Å²) in [5.74, 6) is 0. The molecule has 0 aliphatic rings. The van der Waals surface area contributed by atoms with Crippen molar-refractivity contribution in [2.24, 2.45) is 5.14 Å². The molecule has 0 bridgehead atoms. The summed E-state index contributed by atoms with van der Waals surface area (Å²) in [7, 11) is -3.70. The molecule has 102 valence electrons. The molecule has 0 spiro atoms. The van der Waals surface area contributed by atoms with E-state index in [0.717, 1.165) is 24.2 Å². The van der Waals surface area contributed by atoms with E-state index in [1.807, 2.05) is 18.2 Å². The van der Waals surface area contributed by atoms with Gasteiger partial charge in [0.05, 0.1) is 4.90 Å². The van der Waals surface area contributed by atoms with Crippen LogP contribution in [-0.2, 0) is 10.0 Å². The van der Waals surface area contributed by atoms with Crippen LogP contribution in [0.1, 0.15) is 13.8 Å². The third-order valence-corrected chi connectivity index (χ3v) is 4.24. The van der Waals surface area contributed by atoms with Crippen molar-refractivity contribution in [2.45, 2.75) is 18.7 Å². The Bertz CT molecular complexity index is 692. The predicted molar refractivity (Wildman–Crippen MR) is 78.9 cm³/mol. The highest BCUT2D eigenvalue weighted by atomic mass is 32.2. The summed E-state index contributed by atoms with van der Waals surface area (Å²) in [6.45, 7) is 5.89. The Labute approximate surface area is 113 Å². The zero-order valence-corrected chi connectivity index (χ0v) is 11.9. The molecule has 4 nitrogen and oxygen atoms in total. The topological polar surface area (TPSA) is 63.4 Å². The smallest absolute Gasteiger partial charge is 0.238 e. The molecule has 0 saturated heterocycles. The van der Waals surface area contributed by atoms with E-state index in [-0.39, 0.29) is 4.90 Å². The van der Waals surface area contributed by atoms with Crippen LogP contribution in [0.4, 0.5) is 5.69 Å². The number of anilines is 1. The van der Waals surface area contributed by atoms with E-state index in [1.54, 1.807) is 18.2 Å². The van der Waals surface area contributed by atoms with Crippen molar-refractivity contribution >= 4 is 26.5 Å². The monoisotopic (exact) mass is 278 g/mol. The van der Waals surface area contributed by atoms with Crippen LogP contribution >= 0.6 is 0 Å². The molecule has 2 aromatic rings. The third-order valence-electron chi connectivity index (χ3n) is 3.27. The molecule has 0 aliphatic heterocycles. The van der Waals surface area contributed by atoms with E-state index in [9.17, 15) is 8.42 Å². The van der Waals surface area contributed by atoms with Crippen LogP contribution in [0.5, 0.6) is 0 Å². The van der Waals surface area contributed by atoms with E-state index >= 15 is 0 Å². The van der Waals surface area contributed by atoms with E-state index in [2.05, 4.69) is 18.7 Å². The molecule has 2 rings (SSSR count). The Morgan fingerprint density at radius 2 is 1.58 bits per heavy atom. The van der Waals surface area contributed by atoms with Crippen molar-refractivity contribution < 1.29 is 8.42 Å². The number of hydrogen-bond donors (Lipinski definition) is 1. The summed E-state index contributed by atoms with van der Waals surface area (Å²) in [6, 6.07) is 10.9. The Balaban J connectivity index is 2.78. The fourth-order valence-corrected chi connectivity index (χ4v) is 3.11. The molecule has 0 heterocycles. The molecule has 0 saturated carbocycles. The van der Waals surface area contributed by atoms with Gasteiger partial charge in [0.25, 0.3) is 0 Å². The molecule has 0 radical (unpaired) electrons. The minimum absolute atomic E-state index is 0.180. The van der Waals surface area contributed by atoms with E-state index in [4.69, 9.17) is 5.14 Å². The van der Waals surface area contributed by atoms with E-state index in [1.165, 1.54) is 0 Å². The van der Waals surface area contributed by atoms with Crippen LogP contribution in [0.15, 0.2) is 41.3 Å². The second kappa shape index (κ2) is 5.19. The average Bonchev–Trinajstić information content (AvgIpc) is 2.38. The largest absolute Gasteiger partial charge is 0.372 e. The number of nitrogens with zero attached hydrogens (tertiary/aromatic N) is 1. The summed E-state index contributed by atoms with van der Waals surface area (Å²) in [6.07, 6.45) is 0. The van der Waals surface area contributed by atoms with Gasteiger partial charge in [0, 0.05) is 29.5 Å². The van der Waals surface area contributed by atoms with Gasteiger partial charge in [-0.15, -0.1) is 0 Å². The van der Waals surface area contributed by atoms with Crippen LogP contribution in [-0.4, -0.2) is 21.5 Å². The predicted octanol–water partition coefficient (Wildman–Crippen LogP) is 2.33. The lowest BCUT2D eigenvalue weighted by atomic mass is 10.1. The van der Waals surface area contributed by atoms with Gasteiger partial charge in [-0.2, -0.15) is 0 Å². The Morgan fingerprint density at radius 1 is 1.00 bits per heavy atom. The normalized spacial score (nSPS) is 11.7. The summed E-state index contributed by atoms with van der Waals surface area (Å²) < 4.78 is 23.3. The van der Waals surface area contributed by atoms with Gasteiger partial charge < -0.3 is 4.90 Å². The minimum atomic E-state index is -3.70. The van der Waals surface area contributed by atoms with Crippen LogP contribution in [0.3, 0.4) is 0 Å². The standard InChI is InChI=1S/C14H18N2O2S/c1-3-16(4-2)13-9-5-8-12-11(13)7-6-10-14(12)19(15,17)18/h5-10H,3-4H2,1-2H3,(H2,15,17,18). The first-order valence-corrected chi connectivity index (χ1v) is 7.83. The zero-order chi connectivity index (χ0) is 14.0. The molecule has 2 N–H and O–H groups in total. The number of benzene rings is 2. The number of primary sulfonamides is 1. The lowest BCUT2D eigenvalue weighted by molar-refractivity contribution is 0.598. The fraction of sp³-hybridized carbons (Fsp3) is 0.286. The zero-order valence-electron chi connectivity index (χ0n) is 11.1. The van der Waals surface area contributed by atoms with Crippen LogP contribution < -0.4 is 10.0 Å². The van der Waals surface area contributed by atoms with Crippen molar-refractivity contribution in [2.75, 3.05) is 18.0 Å². The highest BCUT2D eigenvalue weighted by molar-refractivity contribution is 7.89. The lowest BCUT2D eigenvalue weighted by Gasteiger charge is -2.23. The fourth-order valence-electron chi connectivity index (χ4n) is 2.35. The number of sulfonamides is 1. The molecule has 0 amide bonds. The average molecular weight is 278 g/mol. The lowest BCUT2D eigenvalue weighted by Crippen LogP contribution is -2.22. The summed E-state index contributed by atoms with van der Waals surface area (Å²) in [4.78, 5) is 2.37. The summed E-state index contributed by atoms with van der Waals surface area (Å²) >= 11 is 0. The van der Waals surface area contributed by atoms with Crippen LogP contribution in [0, 0.1) is 0 Å². The SMILES string of the molecule is CCN(CC)c1cccc2c(S(N)(=O)=O)cccc12. The number of fused-ring (bicyclic) bond motifs is 1. The van der Waals surface area contributed by atoms with Crippen molar-refractivity contribution in [3.05, 3.63) is 36.4 Å². The van der Waals surface area contributed by atoms with Gasteiger partial charge in [0.15, 0.2) is 0 Å². The Hall–Kier alpha value is -1.59. The summed E-state index contributed by atoms with van der Waals surface area (Å²) in [5.41, 5.74) is 1.04. The molecule has 19 heavy (non-hydrogen) atoms. The first kappa shape index (κ1) is 13.8. The van der Waals surface area contributed by atoms with Crippen molar-refractivity contribution in [3.8, 4) is 0 Å². The van der Waals surface area contributed by atoms with E-state index < -0.39 is 10.0 Å². The maximum Gasteiger partial charge on any atom is 0.238 e. The highest BCUT2D eigenvalue weighted by Crippen LogP contribution is 2.30. The van der Waals surface area contributed by atoms with Gasteiger partial charge in [-0.3, -0.25) is 0 Å². The first-order valence-electron chi connectivity index (χ1n) is 6.28. The maximum atomic E-state index is 11.6. The van der Waals surface area contributed by atoms with Crippen molar-refractivity contribution in [1.82, 2.24) is 0 Å². The van der Waals surface area contributed by atoms with Crippen molar-refractivity contribution in [1.29, 1.82) is 0 Å². The van der Waals surface area contributed by atoms with Gasteiger partial charge in [-0.1, -0.05) is 24.3 Å². The van der Waals surface area contributed by atoms with Gasteiger partial charge in [0.1, 0.15) is 0 Å².